The highest BCUT2D eigenvalue weighted by atomic mass is 32.2. The molecule has 6 rings (SSSR count). The molecule has 3 fully saturated rings. The Bertz CT molecular complexity index is 1050. The standard InChI is InChI=1S/C25H27N3OS2/c29-24(17-14-18-4-3-5-19(15-17)25(18)30-12-13-31-25)26-20-10-8-16(9-11-20)23-27-21-6-1-2-7-22(21)28-23/h1-2,6-11,17-19H,3-5,12-15H2,(H,26,29)(H,27,28). The van der Waals surface area contributed by atoms with Crippen LogP contribution in [0.4, 0.5) is 5.69 Å². The number of para-hydroxylation sites is 2. The number of hydrogen-bond acceptors (Lipinski definition) is 4. The first-order chi connectivity index (χ1) is 15.2. The van der Waals surface area contributed by atoms with E-state index in [2.05, 4.69) is 38.8 Å². The smallest absolute Gasteiger partial charge is 0.227 e. The van der Waals surface area contributed by atoms with Crippen LogP contribution in [0.15, 0.2) is 48.5 Å². The summed E-state index contributed by atoms with van der Waals surface area (Å²) >= 11 is 4.40. The highest BCUT2D eigenvalue weighted by Gasteiger charge is 2.55. The van der Waals surface area contributed by atoms with E-state index in [1.54, 1.807) is 0 Å². The zero-order valence-corrected chi connectivity index (χ0v) is 19.1. The molecule has 31 heavy (non-hydrogen) atoms. The minimum absolute atomic E-state index is 0.151. The first kappa shape index (κ1) is 19.7. The molecule has 2 bridgehead atoms. The first-order valence-corrected chi connectivity index (χ1v) is 13.3. The summed E-state index contributed by atoms with van der Waals surface area (Å²) in [6.07, 6.45) is 6.05. The van der Waals surface area contributed by atoms with Crippen molar-refractivity contribution in [3.63, 3.8) is 0 Å². The minimum atomic E-state index is 0.151. The van der Waals surface area contributed by atoms with Crippen molar-refractivity contribution in [2.24, 2.45) is 17.8 Å². The highest BCUT2D eigenvalue weighted by Crippen LogP contribution is 2.64. The third kappa shape index (κ3) is 3.48. The van der Waals surface area contributed by atoms with Crippen molar-refractivity contribution >= 4 is 46.2 Å². The lowest BCUT2D eigenvalue weighted by Gasteiger charge is -2.52. The van der Waals surface area contributed by atoms with Crippen molar-refractivity contribution in [1.82, 2.24) is 9.97 Å². The molecule has 4 nitrogen and oxygen atoms in total. The van der Waals surface area contributed by atoms with E-state index in [0.29, 0.717) is 15.9 Å². The van der Waals surface area contributed by atoms with E-state index in [4.69, 9.17) is 0 Å². The van der Waals surface area contributed by atoms with Gasteiger partial charge in [0.1, 0.15) is 5.82 Å². The van der Waals surface area contributed by atoms with Gasteiger partial charge in [-0.05, 0) is 73.9 Å². The van der Waals surface area contributed by atoms with E-state index in [1.807, 2.05) is 48.5 Å². The Hall–Kier alpha value is -1.92. The summed E-state index contributed by atoms with van der Waals surface area (Å²) in [6.45, 7) is 0. The molecular formula is C25H27N3OS2. The quantitative estimate of drug-likeness (QED) is 0.502. The van der Waals surface area contributed by atoms with Crippen molar-refractivity contribution in [3.05, 3.63) is 48.5 Å². The molecule has 2 N–H and O–H groups in total. The maximum atomic E-state index is 13.1. The molecule has 6 heteroatoms. The maximum absolute atomic E-state index is 13.1. The third-order valence-electron chi connectivity index (χ3n) is 7.31. The largest absolute Gasteiger partial charge is 0.338 e. The third-order valence-corrected chi connectivity index (χ3v) is 11.3. The Morgan fingerprint density at radius 2 is 1.71 bits per heavy atom. The Morgan fingerprint density at radius 1 is 1.00 bits per heavy atom. The van der Waals surface area contributed by atoms with Crippen molar-refractivity contribution < 1.29 is 4.79 Å². The molecule has 1 amide bonds. The Morgan fingerprint density at radius 3 is 2.42 bits per heavy atom. The summed E-state index contributed by atoms with van der Waals surface area (Å²) < 4.78 is 0.420. The van der Waals surface area contributed by atoms with E-state index < -0.39 is 0 Å². The number of aromatic nitrogens is 2. The number of aromatic amines is 1. The molecule has 3 aliphatic rings. The zero-order valence-electron chi connectivity index (χ0n) is 17.5. The molecule has 0 radical (unpaired) electrons. The predicted octanol–water partition coefficient (Wildman–Crippen LogP) is 6.17. The van der Waals surface area contributed by atoms with Crippen LogP contribution in [0.2, 0.25) is 0 Å². The second-order valence-electron chi connectivity index (χ2n) is 9.08. The van der Waals surface area contributed by atoms with Crippen LogP contribution in [-0.4, -0.2) is 31.5 Å². The van der Waals surface area contributed by atoms with Gasteiger partial charge < -0.3 is 10.3 Å². The summed E-state index contributed by atoms with van der Waals surface area (Å²) in [5, 5.41) is 3.20. The molecule has 160 valence electrons. The van der Waals surface area contributed by atoms with Crippen LogP contribution in [0.3, 0.4) is 0 Å². The number of amides is 1. The van der Waals surface area contributed by atoms with Gasteiger partial charge in [-0.1, -0.05) is 18.6 Å². The van der Waals surface area contributed by atoms with Crippen LogP contribution in [0.5, 0.6) is 0 Å². The van der Waals surface area contributed by atoms with Crippen LogP contribution < -0.4 is 5.32 Å². The van der Waals surface area contributed by atoms with Crippen molar-refractivity contribution in [2.75, 3.05) is 16.8 Å². The topological polar surface area (TPSA) is 57.8 Å². The highest BCUT2D eigenvalue weighted by molar-refractivity contribution is 8.21. The molecule has 2 aromatic carbocycles. The van der Waals surface area contributed by atoms with Gasteiger partial charge in [-0.2, -0.15) is 0 Å². The number of H-pyrrole nitrogens is 1. The molecule has 1 spiro atoms. The molecule has 2 atom stereocenters. The Kier molecular flexibility index (Phi) is 5.03. The first-order valence-electron chi connectivity index (χ1n) is 11.4. The molecule has 2 saturated carbocycles. The average molecular weight is 450 g/mol. The van der Waals surface area contributed by atoms with Gasteiger partial charge in [0.25, 0.3) is 0 Å². The fourth-order valence-corrected chi connectivity index (χ4v) is 9.81. The summed E-state index contributed by atoms with van der Waals surface area (Å²) in [7, 11) is 0. The van der Waals surface area contributed by atoms with Crippen molar-refractivity contribution in [1.29, 1.82) is 0 Å². The molecule has 2 heterocycles. The maximum Gasteiger partial charge on any atom is 0.227 e. The van der Waals surface area contributed by atoms with Crippen molar-refractivity contribution in [3.8, 4) is 11.4 Å². The number of rotatable bonds is 3. The number of hydrogen-bond donors (Lipinski definition) is 2. The van der Waals surface area contributed by atoms with Gasteiger partial charge in [0.15, 0.2) is 0 Å². The van der Waals surface area contributed by atoms with Crippen LogP contribution in [0.1, 0.15) is 32.1 Å². The van der Waals surface area contributed by atoms with Crippen LogP contribution in [0.25, 0.3) is 22.4 Å². The molecule has 2 unspecified atom stereocenters. The molecule has 3 aromatic rings. The molecule has 2 aliphatic carbocycles. The second kappa shape index (κ2) is 7.89. The van der Waals surface area contributed by atoms with E-state index in [-0.39, 0.29) is 11.8 Å². The van der Waals surface area contributed by atoms with Crippen LogP contribution in [0, 0.1) is 17.8 Å². The molecular weight excluding hydrogens is 422 g/mol. The number of nitrogens with one attached hydrogen (secondary N) is 2. The van der Waals surface area contributed by atoms with Gasteiger partial charge >= 0.3 is 0 Å². The lowest BCUT2D eigenvalue weighted by molar-refractivity contribution is -0.122. The number of nitrogens with zero attached hydrogens (tertiary/aromatic N) is 1. The fraction of sp³-hybridized carbons (Fsp3) is 0.440. The minimum Gasteiger partial charge on any atom is -0.338 e. The second-order valence-corrected chi connectivity index (χ2v) is 12.1. The van der Waals surface area contributed by atoms with E-state index in [0.717, 1.165) is 41.0 Å². The van der Waals surface area contributed by atoms with Gasteiger partial charge in [-0.25, -0.2) is 4.98 Å². The summed E-state index contributed by atoms with van der Waals surface area (Å²) in [5.41, 5.74) is 3.90. The number of carbonyl (C=O) groups is 1. The molecule has 1 saturated heterocycles. The number of fused-ring (bicyclic) bond motifs is 1. The molecule has 1 aliphatic heterocycles. The monoisotopic (exact) mass is 449 g/mol. The van der Waals surface area contributed by atoms with Gasteiger partial charge in [0.2, 0.25) is 5.91 Å². The lowest BCUT2D eigenvalue weighted by Crippen LogP contribution is -2.48. The number of benzene rings is 2. The number of carbonyl (C=O) groups excluding carboxylic acids is 1. The van der Waals surface area contributed by atoms with Gasteiger partial charge in [0.05, 0.1) is 15.1 Å². The van der Waals surface area contributed by atoms with Crippen molar-refractivity contribution in [2.45, 2.75) is 36.2 Å². The lowest BCUT2D eigenvalue weighted by atomic mass is 9.67. The normalized spacial score (nSPS) is 26.9. The van der Waals surface area contributed by atoms with E-state index in [1.165, 1.54) is 30.8 Å². The molecule has 1 aromatic heterocycles. The average Bonchev–Trinajstić information content (AvgIpc) is 3.42. The fourth-order valence-electron chi connectivity index (χ4n) is 5.87. The van der Waals surface area contributed by atoms with Gasteiger partial charge in [-0.3, -0.25) is 4.79 Å². The predicted molar refractivity (Wildman–Crippen MR) is 131 cm³/mol. The summed E-state index contributed by atoms with van der Waals surface area (Å²) in [4.78, 5) is 21.2. The number of imidazole rings is 1. The summed E-state index contributed by atoms with van der Waals surface area (Å²) in [6, 6.07) is 16.1. The number of anilines is 1. The van der Waals surface area contributed by atoms with Crippen LogP contribution >= 0.6 is 23.5 Å². The Labute approximate surface area is 191 Å². The Balaban J connectivity index is 1.15. The SMILES string of the molecule is O=C(Nc1ccc(-c2nc3ccccc3[nH]2)cc1)C1CC2CCCC(C1)C21SCCS1. The van der Waals surface area contributed by atoms with Crippen LogP contribution in [-0.2, 0) is 4.79 Å². The zero-order chi connectivity index (χ0) is 20.8. The van der Waals surface area contributed by atoms with Gasteiger partial charge in [-0.15, -0.1) is 23.5 Å². The number of thioether (sulfide) groups is 2. The van der Waals surface area contributed by atoms with E-state index >= 15 is 0 Å². The van der Waals surface area contributed by atoms with E-state index in [9.17, 15) is 4.79 Å². The summed E-state index contributed by atoms with van der Waals surface area (Å²) in [5.74, 6) is 5.18. The van der Waals surface area contributed by atoms with Gasteiger partial charge in [0, 0.05) is 28.7 Å².